The van der Waals surface area contributed by atoms with E-state index >= 15 is 0 Å². The van der Waals surface area contributed by atoms with E-state index in [0.717, 1.165) is 16.4 Å². The Morgan fingerprint density at radius 1 is 0.242 bits per heavy atom. The zero-order chi connectivity index (χ0) is 112. The van der Waals surface area contributed by atoms with Crippen LogP contribution in [0.5, 0.6) is 0 Å². The van der Waals surface area contributed by atoms with Crippen molar-refractivity contribution in [3.8, 4) is 0 Å². The van der Waals surface area contributed by atoms with Crippen LogP contribution in [-0.4, -0.2) is 11.1 Å². The second-order valence-electron chi connectivity index (χ2n) is 39.4. The molecule has 0 aromatic heterocycles. The summed E-state index contributed by atoms with van der Waals surface area (Å²) in [6, 6.07) is 68.0. The van der Waals surface area contributed by atoms with Crippen molar-refractivity contribution in [3.05, 3.63) is 232 Å². The van der Waals surface area contributed by atoms with Gasteiger partial charge in [0, 0.05) is 67.0 Å². The van der Waals surface area contributed by atoms with Crippen LogP contribution in [0.25, 0.3) is 0 Å². The van der Waals surface area contributed by atoms with E-state index in [1.165, 1.54) is 136 Å². The molecule has 8 aromatic rings. The molecule has 1 N–H and O–H groups in total. The number of fused-ring (bicyclic) bond motifs is 6. The van der Waals surface area contributed by atoms with Gasteiger partial charge >= 0.3 is 753 Å². The fourth-order valence-electron chi connectivity index (χ4n) is 16.4. The summed E-state index contributed by atoms with van der Waals surface area (Å²) in [6.45, 7) is 51.1. The van der Waals surface area contributed by atoms with Crippen molar-refractivity contribution in [2.45, 2.75) is 258 Å². The topological polar surface area (TPSA) is 21.8 Å². The van der Waals surface area contributed by atoms with Crippen LogP contribution in [0.15, 0.2) is 182 Å². The van der Waals surface area contributed by atoms with E-state index in [1.807, 2.05) is 0 Å². The van der Waals surface area contributed by atoms with Crippen molar-refractivity contribution in [3.63, 3.8) is 0 Å². The third kappa shape index (κ3) is 47.7. The van der Waals surface area contributed by atoms with Gasteiger partial charge in [0.05, 0.1) is 11.1 Å². The van der Waals surface area contributed by atoms with Crippen molar-refractivity contribution in [2.75, 3.05) is 20.0 Å². The zero-order valence-electron chi connectivity index (χ0n) is 82.4. The minimum absolute atomic E-state index is 0.00580. The normalized spacial score (nSPS) is 20.4. The summed E-state index contributed by atoms with van der Waals surface area (Å²) in [5.41, 5.74) is 23.1. The predicted octanol–water partition coefficient (Wildman–Crippen LogP) is 75.8. The van der Waals surface area contributed by atoms with E-state index < -0.39 is 213 Å². The number of benzene rings is 8. The summed E-state index contributed by atoms with van der Waals surface area (Å²) in [4.78, 5) is 7.84. The molecule has 2 heterocycles. The zero-order valence-corrected chi connectivity index (χ0v) is 204. The van der Waals surface area contributed by atoms with Crippen LogP contribution in [0.3, 0.4) is 0 Å². The number of hydrogen-bond donors (Lipinski definition) is 1. The molecule has 0 spiro atoms. The fraction of sp³-hybridized carbons (Fsp3) is 0.455. The average Bonchev–Trinajstić information content (AvgIpc) is 1.54. The van der Waals surface area contributed by atoms with Gasteiger partial charge in [0.15, 0.2) is 0 Å². The molecule has 2 fully saturated rings. The maximum absolute atomic E-state index is 6.59. The molecular formula is C88H113ClI56N4. The van der Waals surface area contributed by atoms with Crippen LogP contribution in [-0.2, 0) is 43.3 Å². The van der Waals surface area contributed by atoms with Gasteiger partial charge < -0.3 is 20.0 Å². The van der Waals surface area contributed by atoms with Gasteiger partial charge in [0.2, 0.25) is 0 Å². The summed E-state index contributed by atoms with van der Waals surface area (Å²) in [7, 11) is -14.8. The Bertz CT molecular complexity index is 5490. The van der Waals surface area contributed by atoms with E-state index in [1.54, 1.807) is 0 Å². The van der Waals surface area contributed by atoms with Crippen LogP contribution in [0.2, 0.25) is 5.02 Å². The number of nitrogens with zero attached hydrogens (tertiary/aromatic N) is 3. The number of anilines is 9. The quantitative estimate of drug-likeness (QED) is 0.0414. The molecule has 0 saturated heterocycles. The van der Waals surface area contributed by atoms with Crippen LogP contribution >= 0.6 is 765 Å². The van der Waals surface area contributed by atoms with Gasteiger partial charge in [-0.1, -0.05) is 261 Å². The molecule has 149 heavy (non-hydrogen) atoms. The Hall–Kier alpha value is 34.1. The standard InChI is InChI=1S/C44H56N2.C24H30ClN.C20H27N.I56/c1-40(2,3)31-18-16-20-34(26-31)45(35-21-17-19-32(27-35)41(4,5)6)36-28-33(42(7,8)9)29-37(30-36)46-39-23-13-12-22-38(39)43(10)24-14-15-25-44(43,46)11;1-22(2,3)17-14-18(25)16-19(15-17)26-21-11-7-6-10-20(21)23(4)12-8-9-13-24(23,26)5;1-19(2,3)15-9-7-11-17(13-15)21-18-12-8-10-16(14-18)20(4,5)6;1-30(2)32(5)34(7)36(9)38(11)40(13)42(15)44(17)46(19)48(21)50(23)52(25)54(27)56(29)55(28)53(26)51(24)49(22)47(20)45(18)43(16)41(14)39(12)37(10)35(8)33(6)31(3)4/h12-13,16-23,26-30H,14-15,24-25H2,1-11H3;6-7,10-11,14-16H,8-9,12-13H2,1-5H3;7-14,21H,1-6H3;. The Balaban J connectivity index is 0.000000235. The maximum atomic E-state index is 6.59. The van der Waals surface area contributed by atoms with Crippen LogP contribution in [0.1, 0.15) is 248 Å². The van der Waals surface area contributed by atoms with E-state index in [0.29, 0.717) is 0 Å². The molecule has 8 aromatic carbocycles. The average molecular weight is 8370 g/mol. The van der Waals surface area contributed by atoms with Gasteiger partial charge in [-0.25, -0.2) is 0 Å². The summed E-state index contributed by atoms with van der Waals surface area (Å²) in [5, 5.41) is 4.36. The molecule has 61 heteroatoms. The first-order valence-corrected chi connectivity index (χ1v) is 389. The summed E-state index contributed by atoms with van der Waals surface area (Å²) in [5.74, 6) is 0. The molecule has 2 saturated carbocycles. The van der Waals surface area contributed by atoms with Crippen molar-refractivity contribution >= 4 is 816 Å². The van der Waals surface area contributed by atoms with Gasteiger partial charge in [-0.3, -0.25) is 0 Å². The van der Waals surface area contributed by atoms with Crippen LogP contribution in [0.4, 0.5) is 51.2 Å². The van der Waals surface area contributed by atoms with Crippen molar-refractivity contribution in [1.29, 1.82) is 0 Å². The first-order chi connectivity index (χ1) is 68.7. The number of nitrogens with one attached hydrogen (secondary N) is 1. The van der Waals surface area contributed by atoms with Gasteiger partial charge in [-0.2, -0.15) is 0 Å². The van der Waals surface area contributed by atoms with E-state index in [-0.39, 0.29) is 54.4 Å². The second-order valence-corrected chi connectivity index (χ2v) is 1360. The van der Waals surface area contributed by atoms with Crippen molar-refractivity contribution in [2.24, 2.45) is 0 Å². The molecule has 0 amide bonds. The van der Waals surface area contributed by atoms with Crippen LogP contribution < -0.4 is 20.0 Å². The summed E-state index contributed by atoms with van der Waals surface area (Å²) in [6.07, 6.45) is 10.1. The molecule has 4 unspecified atom stereocenters. The molecule has 4 aliphatic rings. The van der Waals surface area contributed by atoms with E-state index in [9.17, 15) is 0 Å². The monoisotopic (exact) mass is 8370 g/mol. The second kappa shape index (κ2) is 77.8. The molecule has 0 bridgehead atoms. The first kappa shape index (κ1) is 166. The molecule has 884 valence electrons. The van der Waals surface area contributed by atoms with Gasteiger partial charge in [-0.15, -0.1) is 0 Å². The van der Waals surface area contributed by atoms with E-state index in [4.69, 9.17) is 11.6 Å². The number of hydrogen-bond acceptors (Lipinski definition) is 4. The molecule has 4 atom stereocenters. The number of rotatable bonds is 33. The third-order valence-electron chi connectivity index (χ3n) is 24.1. The molecule has 2 aliphatic carbocycles. The molecule has 12 rings (SSSR count). The summed E-state index contributed by atoms with van der Waals surface area (Å²) < 4.78 is 0. The Morgan fingerprint density at radius 3 is 0.738 bits per heavy atom. The molecule has 0 radical (unpaired) electrons. The van der Waals surface area contributed by atoms with E-state index in [2.05, 4.69) is 894 Å². The van der Waals surface area contributed by atoms with Crippen LogP contribution in [0, 0.1) is 0 Å². The van der Waals surface area contributed by atoms with Crippen molar-refractivity contribution in [1.82, 2.24) is 0 Å². The van der Waals surface area contributed by atoms with Gasteiger partial charge in [0.1, 0.15) is 0 Å². The Kier molecular flexibility index (Phi) is 86.8. The summed E-state index contributed by atoms with van der Waals surface area (Å²) >= 11 is 102. The first-order valence-electron chi connectivity index (χ1n) is 42.9. The Morgan fingerprint density at radius 2 is 0.470 bits per heavy atom. The minimum atomic E-state index is -0.593. The third-order valence-corrected chi connectivity index (χ3v) is 4320. The van der Waals surface area contributed by atoms with Crippen molar-refractivity contribution < 1.29 is 0 Å². The van der Waals surface area contributed by atoms with Gasteiger partial charge in [-0.05, 0) is 214 Å². The number of para-hydroxylation sites is 2. The fourth-order valence-corrected chi connectivity index (χ4v) is 10500. The van der Waals surface area contributed by atoms with Gasteiger partial charge in [0.25, 0.3) is 0 Å². The predicted molar refractivity (Wildman–Crippen MR) is 1190 cm³/mol. The Labute approximate surface area is 1270 Å². The number of halogens is 57. The SMILES string of the molecule is CC(C)(C)c1cc(Cl)cc(N2c3ccccc3C3(C)CCCCC23C)c1.CC(C)(C)c1cccc(N(c2cccc(C(C)(C)C)c2)c2cc(N3c4ccccc4C4(C)CCCCC34C)cc(C(C)(C)C)c2)c1.CC(C)(C)c1cccc(Nc2cccc(C(C)(C)C)c2)c1.II(I)I(I)I(I)I(I)I(I)I(I)I(I)I(I)I(I)I(I)I(I)I(I)I(I)I(I)I(I)I(I)I(I)I(I)I(I)I(I)I(I)I(I)I(I)I(I)I(I)I(I)I(I)I. The molecule has 2 aliphatic heterocycles. The molecule has 4 nitrogen and oxygen atoms in total. The molecular weight excluding hydrogens is 8260 g/mol.